The first kappa shape index (κ1) is 16.4. The Morgan fingerprint density at radius 3 is 2.85 bits per heavy atom. The quantitative estimate of drug-likeness (QED) is 0.681. The summed E-state index contributed by atoms with van der Waals surface area (Å²) in [6.45, 7) is 2.88. The summed E-state index contributed by atoms with van der Waals surface area (Å²) in [6.07, 6.45) is 1.49. The van der Waals surface area contributed by atoms with E-state index in [-0.39, 0.29) is 18.1 Å². The van der Waals surface area contributed by atoms with Gasteiger partial charge in [0.15, 0.2) is 0 Å². The molecule has 1 aromatic rings. The van der Waals surface area contributed by atoms with Crippen molar-refractivity contribution in [3.8, 4) is 0 Å². The van der Waals surface area contributed by atoms with Crippen LogP contribution in [-0.4, -0.2) is 33.5 Å². The van der Waals surface area contributed by atoms with Crippen molar-refractivity contribution in [3.05, 3.63) is 39.4 Å². The largest absolute Gasteiger partial charge is 0.480 e. The molecule has 1 unspecified atom stereocenters. The van der Waals surface area contributed by atoms with E-state index < -0.39 is 16.9 Å². The van der Waals surface area contributed by atoms with E-state index in [0.717, 1.165) is 18.5 Å². The monoisotopic (exact) mass is 300 g/mol. The molecule has 1 aromatic carbocycles. The molecule has 1 atom stereocenters. The van der Waals surface area contributed by atoms with E-state index in [2.05, 4.69) is 0 Å². The van der Waals surface area contributed by atoms with Crippen LogP contribution in [0.25, 0.3) is 0 Å². The van der Waals surface area contributed by atoms with Gasteiger partial charge in [0.1, 0.15) is 6.04 Å². The fourth-order valence-corrected chi connectivity index (χ4v) is 2.55. The Labute approximate surface area is 123 Å². The maximum absolute atomic E-state index is 11.1. The first-order chi connectivity index (χ1) is 9.00. The lowest BCUT2D eigenvalue weighted by Crippen LogP contribution is -2.35. The highest BCUT2D eigenvalue weighted by molar-refractivity contribution is 5.85. The smallest absolute Gasteiger partial charge is 0.320 e. The number of rotatable bonds is 4. The van der Waals surface area contributed by atoms with E-state index in [1.807, 2.05) is 11.0 Å². The minimum atomic E-state index is -0.819. The minimum Gasteiger partial charge on any atom is -0.480 e. The van der Waals surface area contributed by atoms with E-state index in [9.17, 15) is 14.9 Å². The average Bonchev–Trinajstić information content (AvgIpc) is 2.79. The van der Waals surface area contributed by atoms with E-state index in [4.69, 9.17) is 5.11 Å². The summed E-state index contributed by atoms with van der Waals surface area (Å²) in [5.41, 5.74) is 1.52. The van der Waals surface area contributed by atoms with E-state index in [1.165, 1.54) is 6.07 Å². The predicted octanol–water partition coefficient (Wildman–Crippen LogP) is 2.37. The van der Waals surface area contributed by atoms with Crippen LogP contribution in [-0.2, 0) is 11.3 Å². The normalized spacial score (nSPS) is 18.6. The van der Waals surface area contributed by atoms with Gasteiger partial charge in [-0.15, -0.1) is 12.4 Å². The molecule has 1 heterocycles. The third-order valence-electron chi connectivity index (χ3n) is 3.64. The molecule has 1 fully saturated rings. The Morgan fingerprint density at radius 2 is 2.25 bits per heavy atom. The van der Waals surface area contributed by atoms with Gasteiger partial charge in [-0.25, -0.2) is 0 Å². The van der Waals surface area contributed by atoms with Crippen LogP contribution in [0.5, 0.6) is 0 Å². The third-order valence-corrected chi connectivity index (χ3v) is 3.64. The molecule has 7 heteroatoms. The van der Waals surface area contributed by atoms with Crippen molar-refractivity contribution in [1.82, 2.24) is 4.90 Å². The molecule has 2 rings (SSSR count). The van der Waals surface area contributed by atoms with Crippen molar-refractivity contribution in [3.63, 3.8) is 0 Å². The Morgan fingerprint density at radius 1 is 1.55 bits per heavy atom. The number of hydrogen-bond acceptors (Lipinski definition) is 4. The van der Waals surface area contributed by atoms with Crippen molar-refractivity contribution in [2.45, 2.75) is 32.4 Å². The van der Waals surface area contributed by atoms with Gasteiger partial charge < -0.3 is 5.11 Å². The summed E-state index contributed by atoms with van der Waals surface area (Å²) in [5, 5.41) is 20.0. The Bertz CT molecular complexity index is 521. The van der Waals surface area contributed by atoms with Crippen molar-refractivity contribution < 1.29 is 14.8 Å². The molecule has 0 aromatic heterocycles. The molecule has 0 radical (unpaired) electrons. The zero-order chi connectivity index (χ0) is 14.0. The van der Waals surface area contributed by atoms with Crippen LogP contribution in [0.15, 0.2) is 18.2 Å². The summed E-state index contributed by atoms with van der Waals surface area (Å²) >= 11 is 0. The number of carboxylic acid groups (broad SMARTS) is 1. The molecule has 1 aliphatic heterocycles. The standard InChI is InChI=1S/C13H16N2O4.ClH/c1-9-10(4-2-5-11(9)15(18)19)8-14-7-3-6-12(14)13(16)17;/h2,4-5,12H,3,6-8H2,1H3,(H,16,17);1H. The zero-order valence-electron chi connectivity index (χ0n) is 11.1. The Balaban J connectivity index is 0.00000200. The molecule has 1 N–H and O–H groups in total. The lowest BCUT2D eigenvalue weighted by molar-refractivity contribution is -0.385. The second-order valence-electron chi connectivity index (χ2n) is 4.79. The number of likely N-dealkylation sites (tertiary alicyclic amines) is 1. The average molecular weight is 301 g/mol. The molecule has 0 bridgehead atoms. The van der Waals surface area contributed by atoms with E-state index in [0.29, 0.717) is 18.5 Å². The Hall–Kier alpha value is -1.66. The molecule has 0 spiro atoms. The number of nitro benzene ring substituents is 1. The number of aliphatic carboxylic acids is 1. The first-order valence-electron chi connectivity index (χ1n) is 6.20. The van der Waals surface area contributed by atoms with Crippen LogP contribution in [0.4, 0.5) is 5.69 Å². The molecule has 1 aliphatic rings. The number of carbonyl (C=O) groups is 1. The van der Waals surface area contributed by atoms with Gasteiger partial charge in [0, 0.05) is 18.2 Å². The molecular weight excluding hydrogens is 284 g/mol. The molecule has 1 saturated heterocycles. The number of halogens is 1. The first-order valence-corrected chi connectivity index (χ1v) is 6.20. The number of nitrogens with zero attached hydrogens (tertiary/aromatic N) is 2. The van der Waals surface area contributed by atoms with E-state index >= 15 is 0 Å². The van der Waals surface area contributed by atoms with Crippen LogP contribution in [0.1, 0.15) is 24.0 Å². The van der Waals surface area contributed by atoms with Gasteiger partial charge >= 0.3 is 5.97 Å². The molecular formula is C13H17ClN2O4. The summed E-state index contributed by atoms with van der Waals surface area (Å²) in [5.74, 6) is -0.819. The number of hydrogen-bond donors (Lipinski definition) is 1. The SMILES string of the molecule is Cc1c(CN2CCCC2C(=O)O)cccc1[N+](=O)[O-].Cl. The molecule has 0 saturated carbocycles. The van der Waals surface area contributed by atoms with Gasteiger partial charge in [0.05, 0.1) is 4.92 Å². The van der Waals surface area contributed by atoms with Crippen LogP contribution in [0, 0.1) is 17.0 Å². The van der Waals surface area contributed by atoms with Crippen molar-refractivity contribution in [1.29, 1.82) is 0 Å². The fraction of sp³-hybridized carbons (Fsp3) is 0.462. The maximum Gasteiger partial charge on any atom is 0.320 e. The lowest BCUT2D eigenvalue weighted by atomic mass is 10.1. The molecule has 0 amide bonds. The van der Waals surface area contributed by atoms with Crippen molar-refractivity contribution in [2.24, 2.45) is 0 Å². The second kappa shape index (κ2) is 6.67. The third kappa shape index (κ3) is 3.26. The second-order valence-corrected chi connectivity index (χ2v) is 4.79. The minimum absolute atomic E-state index is 0. The van der Waals surface area contributed by atoms with Crippen LogP contribution in [0.3, 0.4) is 0 Å². The van der Waals surface area contributed by atoms with Crippen molar-refractivity contribution in [2.75, 3.05) is 6.54 Å². The number of nitro groups is 1. The van der Waals surface area contributed by atoms with Gasteiger partial charge in [-0.05, 0) is 31.9 Å². The molecule has 6 nitrogen and oxygen atoms in total. The van der Waals surface area contributed by atoms with Crippen LogP contribution in [0.2, 0.25) is 0 Å². The van der Waals surface area contributed by atoms with E-state index in [1.54, 1.807) is 13.0 Å². The summed E-state index contributed by atoms with van der Waals surface area (Å²) in [6, 6.07) is 4.46. The highest BCUT2D eigenvalue weighted by atomic mass is 35.5. The highest BCUT2D eigenvalue weighted by Gasteiger charge is 2.30. The summed E-state index contributed by atoms with van der Waals surface area (Å²) in [7, 11) is 0. The van der Waals surface area contributed by atoms with Gasteiger partial charge in [0.2, 0.25) is 0 Å². The van der Waals surface area contributed by atoms with Crippen LogP contribution < -0.4 is 0 Å². The highest BCUT2D eigenvalue weighted by Crippen LogP contribution is 2.25. The predicted molar refractivity (Wildman–Crippen MR) is 76.1 cm³/mol. The fourth-order valence-electron chi connectivity index (χ4n) is 2.55. The van der Waals surface area contributed by atoms with Gasteiger partial charge in [-0.2, -0.15) is 0 Å². The molecule has 110 valence electrons. The van der Waals surface area contributed by atoms with Crippen LogP contribution >= 0.6 is 12.4 Å². The van der Waals surface area contributed by atoms with Gasteiger partial charge in [0.25, 0.3) is 5.69 Å². The number of benzene rings is 1. The molecule has 20 heavy (non-hydrogen) atoms. The zero-order valence-corrected chi connectivity index (χ0v) is 11.9. The Kier molecular flexibility index (Phi) is 5.47. The molecule has 0 aliphatic carbocycles. The lowest BCUT2D eigenvalue weighted by Gasteiger charge is -2.21. The number of carboxylic acids is 1. The van der Waals surface area contributed by atoms with Crippen molar-refractivity contribution >= 4 is 24.1 Å². The van der Waals surface area contributed by atoms with Gasteiger partial charge in [-0.3, -0.25) is 19.8 Å². The summed E-state index contributed by atoms with van der Waals surface area (Å²) in [4.78, 5) is 23.5. The van der Waals surface area contributed by atoms with Gasteiger partial charge in [-0.1, -0.05) is 12.1 Å². The topological polar surface area (TPSA) is 83.7 Å². The summed E-state index contributed by atoms with van der Waals surface area (Å²) < 4.78 is 0. The maximum atomic E-state index is 11.1.